The Kier molecular flexibility index (Phi) is 5.67. The number of ether oxygens (including phenoxy) is 1. The van der Waals surface area contributed by atoms with Crippen molar-refractivity contribution in [3.63, 3.8) is 0 Å². The molecule has 1 N–H and O–H groups in total. The largest absolute Gasteiger partial charge is 0.486 e. The van der Waals surface area contributed by atoms with Crippen LogP contribution in [0.25, 0.3) is 11.1 Å². The SMILES string of the molecule is Cc1ccccc1-c1ccc(OCC(=O)Cc2cccc(C(=O)O)c2)cc1. The number of hydrogen-bond acceptors (Lipinski definition) is 3. The maximum atomic E-state index is 12.1. The molecule has 0 bridgehead atoms. The van der Waals surface area contributed by atoms with E-state index in [1.807, 2.05) is 36.4 Å². The summed E-state index contributed by atoms with van der Waals surface area (Å²) in [7, 11) is 0. The van der Waals surface area contributed by atoms with Crippen molar-refractivity contribution in [1.29, 1.82) is 0 Å². The molecule has 0 aromatic heterocycles. The van der Waals surface area contributed by atoms with E-state index in [9.17, 15) is 9.59 Å². The summed E-state index contributed by atoms with van der Waals surface area (Å²) in [6, 6.07) is 22.2. The average Bonchev–Trinajstić information content (AvgIpc) is 2.67. The lowest BCUT2D eigenvalue weighted by Crippen LogP contribution is -2.14. The molecule has 0 aliphatic rings. The minimum atomic E-state index is -1.01. The predicted molar refractivity (Wildman–Crippen MR) is 104 cm³/mol. The molecule has 0 fully saturated rings. The van der Waals surface area contributed by atoms with Gasteiger partial charge in [0.05, 0.1) is 5.56 Å². The van der Waals surface area contributed by atoms with Gasteiger partial charge in [0.1, 0.15) is 12.4 Å². The molecule has 0 aliphatic heterocycles. The number of Topliss-reactive ketones (excluding diaryl/α,β-unsaturated/α-hetero) is 1. The summed E-state index contributed by atoms with van der Waals surface area (Å²) in [4.78, 5) is 23.1. The van der Waals surface area contributed by atoms with E-state index in [1.165, 1.54) is 23.3 Å². The quantitative estimate of drug-likeness (QED) is 0.671. The Balaban J connectivity index is 1.58. The van der Waals surface area contributed by atoms with Crippen LogP contribution in [-0.4, -0.2) is 23.5 Å². The van der Waals surface area contributed by atoms with Crippen LogP contribution in [-0.2, 0) is 11.2 Å². The number of hydrogen-bond donors (Lipinski definition) is 1. The number of carbonyl (C=O) groups excluding carboxylic acids is 1. The molecule has 136 valence electrons. The first-order valence-corrected chi connectivity index (χ1v) is 8.66. The third kappa shape index (κ3) is 4.82. The Morgan fingerprint density at radius 3 is 2.37 bits per heavy atom. The first-order chi connectivity index (χ1) is 13.0. The molecule has 0 saturated carbocycles. The van der Waals surface area contributed by atoms with Gasteiger partial charge in [0.25, 0.3) is 0 Å². The van der Waals surface area contributed by atoms with Gasteiger partial charge in [-0.2, -0.15) is 0 Å². The molecule has 0 unspecified atom stereocenters. The lowest BCUT2D eigenvalue weighted by atomic mass is 10.0. The number of ketones is 1. The van der Waals surface area contributed by atoms with E-state index in [1.54, 1.807) is 12.1 Å². The van der Waals surface area contributed by atoms with Crippen LogP contribution in [0.1, 0.15) is 21.5 Å². The molecule has 3 aromatic rings. The van der Waals surface area contributed by atoms with Gasteiger partial charge in [-0.05, 0) is 53.4 Å². The van der Waals surface area contributed by atoms with Crippen molar-refractivity contribution in [3.05, 3.63) is 89.5 Å². The van der Waals surface area contributed by atoms with E-state index < -0.39 is 5.97 Å². The lowest BCUT2D eigenvalue weighted by molar-refractivity contribution is -0.120. The molecule has 0 aliphatic carbocycles. The molecular formula is C23H20O4. The van der Waals surface area contributed by atoms with Gasteiger partial charge in [-0.15, -0.1) is 0 Å². The third-order valence-electron chi connectivity index (χ3n) is 4.29. The molecule has 3 rings (SSSR count). The minimum Gasteiger partial charge on any atom is -0.486 e. The van der Waals surface area contributed by atoms with E-state index in [2.05, 4.69) is 19.1 Å². The zero-order valence-corrected chi connectivity index (χ0v) is 15.0. The van der Waals surface area contributed by atoms with Crippen molar-refractivity contribution >= 4 is 11.8 Å². The highest BCUT2D eigenvalue weighted by Crippen LogP contribution is 2.25. The molecule has 3 aromatic carbocycles. The van der Waals surface area contributed by atoms with Crippen LogP contribution >= 0.6 is 0 Å². The second-order valence-corrected chi connectivity index (χ2v) is 6.35. The number of benzene rings is 3. The topological polar surface area (TPSA) is 63.6 Å². The summed E-state index contributed by atoms with van der Waals surface area (Å²) < 4.78 is 5.57. The standard InChI is InChI=1S/C23H20O4/c1-16-5-2-3-8-22(16)18-9-11-21(12-10-18)27-15-20(24)14-17-6-4-7-19(13-17)23(25)26/h2-13H,14-15H2,1H3,(H,25,26). The molecule has 0 radical (unpaired) electrons. The minimum absolute atomic E-state index is 0.0546. The van der Waals surface area contributed by atoms with Gasteiger partial charge in [-0.25, -0.2) is 4.79 Å². The average molecular weight is 360 g/mol. The highest BCUT2D eigenvalue weighted by atomic mass is 16.5. The summed E-state index contributed by atoms with van der Waals surface area (Å²) in [6.45, 7) is 2.01. The van der Waals surface area contributed by atoms with Gasteiger partial charge in [-0.3, -0.25) is 4.79 Å². The molecule has 0 amide bonds. The Morgan fingerprint density at radius 2 is 1.67 bits per heavy atom. The Hall–Kier alpha value is -3.40. The third-order valence-corrected chi connectivity index (χ3v) is 4.29. The fraction of sp³-hybridized carbons (Fsp3) is 0.130. The molecule has 0 saturated heterocycles. The first-order valence-electron chi connectivity index (χ1n) is 8.66. The molecule has 0 heterocycles. The monoisotopic (exact) mass is 360 g/mol. The summed E-state index contributed by atoms with van der Waals surface area (Å²) in [6.07, 6.45) is 0.141. The predicted octanol–water partition coefficient (Wildman–Crippen LogP) is 4.55. The summed E-state index contributed by atoms with van der Waals surface area (Å²) in [5.74, 6) is -0.491. The van der Waals surface area contributed by atoms with Gasteiger partial charge in [0, 0.05) is 6.42 Å². The summed E-state index contributed by atoms with van der Waals surface area (Å²) in [5, 5.41) is 9.01. The zero-order chi connectivity index (χ0) is 19.2. The Morgan fingerprint density at radius 1 is 0.926 bits per heavy atom. The molecular weight excluding hydrogens is 340 g/mol. The molecule has 0 spiro atoms. The number of aromatic carboxylic acids is 1. The highest BCUT2D eigenvalue weighted by molar-refractivity contribution is 5.88. The van der Waals surface area contributed by atoms with E-state index >= 15 is 0 Å². The van der Waals surface area contributed by atoms with E-state index in [0.29, 0.717) is 11.3 Å². The van der Waals surface area contributed by atoms with Gasteiger partial charge in [-0.1, -0.05) is 48.5 Å². The molecule has 4 heteroatoms. The normalized spacial score (nSPS) is 10.4. The first kappa shape index (κ1) is 18.4. The molecule has 0 atom stereocenters. The number of rotatable bonds is 7. The van der Waals surface area contributed by atoms with Crippen molar-refractivity contribution < 1.29 is 19.4 Å². The van der Waals surface area contributed by atoms with Crippen molar-refractivity contribution in [2.24, 2.45) is 0 Å². The van der Waals surface area contributed by atoms with E-state index in [-0.39, 0.29) is 24.4 Å². The van der Waals surface area contributed by atoms with Crippen LogP contribution in [0.2, 0.25) is 0 Å². The van der Waals surface area contributed by atoms with Crippen LogP contribution in [0.5, 0.6) is 5.75 Å². The van der Waals surface area contributed by atoms with Gasteiger partial charge in [0.15, 0.2) is 5.78 Å². The zero-order valence-electron chi connectivity index (χ0n) is 15.0. The molecule has 4 nitrogen and oxygen atoms in total. The van der Waals surface area contributed by atoms with Crippen LogP contribution in [0.4, 0.5) is 0 Å². The number of carboxylic acid groups (broad SMARTS) is 1. The van der Waals surface area contributed by atoms with Gasteiger partial charge >= 0.3 is 5.97 Å². The second kappa shape index (κ2) is 8.32. The van der Waals surface area contributed by atoms with E-state index in [0.717, 1.165) is 5.56 Å². The van der Waals surface area contributed by atoms with E-state index in [4.69, 9.17) is 9.84 Å². The van der Waals surface area contributed by atoms with Crippen molar-refractivity contribution in [2.75, 3.05) is 6.61 Å². The maximum Gasteiger partial charge on any atom is 0.335 e. The lowest BCUT2D eigenvalue weighted by Gasteiger charge is -2.09. The van der Waals surface area contributed by atoms with Gasteiger partial charge < -0.3 is 9.84 Å². The summed E-state index contributed by atoms with van der Waals surface area (Å²) in [5.41, 5.74) is 4.30. The second-order valence-electron chi connectivity index (χ2n) is 6.35. The number of carboxylic acids is 1. The number of aryl methyl sites for hydroxylation is 1. The van der Waals surface area contributed by atoms with Crippen LogP contribution in [0.15, 0.2) is 72.8 Å². The van der Waals surface area contributed by atoms with Gasteiger partial charge in [0.2, 0.25) is 0 Å². The summed E-state index contributed by atoms with van der Waals surface area (Å²) >= 11 is 0. The van der Waals surface area contributed by atoms with Crippen molar-refractivity contribution in [2.45, 2.75) is 13.3 Å². The van der Waals surface area contributed by atoms with Crippen LogP contribution < -0.4 is 4.74 Å². The maximum absolute atomic E-state index is 12.1. The fourth-order valence-corrected chi connectivity index (χ4v) is 2.88. The highest BCUT2D eigenvalue weighted by Gasteiger charge is 2.09. The molecule has 27 heavy (non-hydrogen) atoms. The van der Waals surface area contributed by atoms with Crippen molar-refractivity contribution in [3.8, 4) is 16.9 Å². The Labute approximate surface area is 158 Å². The smallest absolute Gasteiger partial charge is 0.335 e. The van der Waals surface area contributed by atoms with Crippen LogP contribution in [0, 0.1) is 6.92 Å². The van der Waals surface area contributed by atoms with Crippen LogP contribution in [0.3, 0.4) is 0 Å². The fourth-order valence-electron chi connectivity index (χ4n) is 2.88. The Bertz CT molecular complexity index is 958. The van der Waals surface area contributed by atoms with Crippen molar-refractivity contribution in [1.82, 2.24) is 0 Å². The number of carbonyl (C=O) groups is 2.